The van der Waals surface area contributed by atoms with Crippen LogP contribution in [0.25, 0.3) is 0 Å². The average Bonchev–Trinajstić information content (AvgIpc) is 2.29. The highest BCUT2D eigenvalue weighted by molar-refractivity contribution is 5.94. The molecule has 0 aliphatic carbocycles. The van der Waals surface area contributed by atoms with E-state index in [2.05, 4.69) is 17.4 Å². The first-order valence-electron chi connectivity index (χ1n) is 6.38. The van der Waals surface area contributed by atoms with E-state index < -0.39 is 0 Å². The molecule has 0 spiro atoms. The molecule has 1 fully saturated rings. The second-order valence-corrected chi connectivity index (χ2v) is 4.39. The summed E-state index contributed by atoms with van der Waals surface area (Å²) in [6, 6.07) is 8.50. The van der Waals surface area contributed by atoms with Crippen molar-refractivity contribution in [2.24, 2.45) is 0 Å². The average molecular weight is 232 g/mol. The Morgan fingerprint density at radius 2 is 1.88 bits per heavy atom. The lowest BCUT2D eigenvalue weighted by Crippen LogP contribution is -2.35. The Balaban J connectivity index is 2.08. The SMILES string of the molecule is CCN(CC)C(=O)c1ccc([C@@H]2CCN2)cc1. The van der Waals surface area contributed by atoms with Gasteiger partial charge in [-0.15, -0.1) is 0 Å². The molecule has 2 rings (SSSR count). The molecule has 1 aliphatic rings. The fourth-order valence-corrected chi connectivity index (χ4v) is 2.12. The van der Waals surface area contributed by atoms with E-state index in [4.69, 9.17) is 0 Å². The summed E-state index contributed by atoms with van der Waals surface area (Å²) in [4.78, 5) is 13.9. The molecule has 0 saturated carbocycles. The highest BCUT2D eigenvalue weighted by Gasteiger charge is 2.19. The number of amides is 1. The fourth-order valence-electron chi connectivity index (χ4n) is 2.12. The molecule has 17 heavy (non-hydrogen) atoms. The van der Waals surface area contributed by atoms with Crippen molar-refractivity contribution >= 4 is 5.91 Å². The van der Waals surface area contributed by atoms with Gasteiger partial charge in [0.15, 0.2) is 0 Å². The second kappa shape index (κ2) is 5.32. The minimum atomic E-state index is 0.128. The van der Waals surface area contributed by atoms with E-state index in [1.165, 1.54) is 12.0 Å². The first-order chi connectivity index (χ1) is 8.26. The lowest BCUT2D eigenvalue weighted by molar-refractivity contribution is 0.0773. The summed E-state index contributed by atoms with van der Waals surface area (Å²) in [5.74, 6) is 0.128. The molecule has 0 bridgehead atoms. The number of hydrogen-bond acceptors (Lipinski definition) is 2. The third-order valence-electron chi connectivity index (χ3n) is 3.43. The maximum absolute atomic E-state index is 12.1. The van der Waals surface area contributed by atoms with Gasteiger partial charge >= 0.3 is 0 Å². The zero-order valence-corrected chi connectivity index (χ0v) is 10.6. The van der Waals surface area contributed by atoms with Gasteiger partial charge in [0.05, 0.1) is 0 Å². The Hall–Kier alpha value is -1.35. The van der Waals surface area contributed by atoms with Crippen molar-refractivity contribution in [2.45, 2.75) is 26.3 Å². The smallest absolute Gasteiger partial charge is 0.253 e. The molecule has 1 amide bonds. The molecule has 0 radical (unpaired) electrons. The van der Waals surface area contributed by atoms with Crippen LogP contribution in [-0.2, 0) is 0 Å². The van der Waals surface area contributed by atoms with Crippen molar-refractivity contribution in [1.82, 2.24) is 10.2 Å². The van der Waals surface area contributed by atoms with Crippen LogP contribution >= 0.6 is 0 Å². The summed E-state index contributed by atoms with van der Waals surface area (Å²) in [5.41, 5.74) is 2.07. The molecule has 0 unspecified atom stereocenters. The fraction of sp³-hybridized carbons (Fsp3) is 0.500. The zero-order valence-electron chi connectivity index (χ0n) is 10.6. The quantitative estimate of drug-likeness (QED) is 0.863. The predicted octanol–water partition coefficient (Wildman–Crippen LogP) is 2.20. The summed E-state index contributed by atoms with van der Waals surface area (Å²) in [5, 5.41) is 3.36. The number of carbonyl (C=O) groups excluding carboxylic acids is 1. The molecule has 1 heterocycles. The van der Waals surface area contributed by atoms with Crippen molar-refractivity contribution in [1.29, 1.82) is 0 Å². The van der Waals surface area contributed by atoms with Crippen molar-refractivity contribution in [3.8, 4) is 0 Å². The highest BCUT2D eigenvalue weighted by atomic mass is 16.2. The molecule has 1 saturated heterocycles. The van der Waals surface area contributed by atoms with Gasteiger partial charge in [-0.2, -0.15) is 0 Å². The van der Waals surface area contributed by atoms with Crippen LogP contribution in [0.1, 0.15) is 42.2 Å². The molecule has 1 aromatic rings. The lowest BCUT2D eigenvalue weighted by atomic mass is 9.97. The van der Waals surface area contributed by atoms with Gasteiger partial charge < -0.3 is 10.2 Å². The van der Waals surface area contributed by atoms with Crippen LogP contribution < -0.4 is 5.32 Å². The summed E-state index contributed by atoms with van der Waals surface area (Å²) < 4.78 is 0. The molecule has 1 aromatic carbocycles. The van der Waals surface area contributed by atoms with Crippen molar-refractivity contribution in [3.05, 3.63) is 35.4 Å². The van der Waals surface area contributed by atoms with Gasteiger partial charge in [-0.1, -0.05) is 12.1 Å². The topological polar surface area (TPSA) is 32.3 Å². The zero-order chi connectivity index (χ0) is 12.3. The maximum atomic E-state index is 12.1. The molecule has 1 N–H and O–H groups in total. The molecular weight excluding hydrogens is 212 g/mol. The van der Waals surface area contributed by atoms with Gasteiger partial charge in [-0.25, -0.2) is 0 Å². The minimum absolute atomic E-state index is 0.128. The van der Waals surface area contributed by atoms with Crippen LogP contribution in [0.2, 0.25) is 0 Å². The Morgan fingerprint density at radius 3 is 2.29 bits per heavy atom. The van der Waals surface area contributed by atoms with Crippen LogP contribution in [-0.4, -0.2) is 30.4 Å². The van der Waals surface area contributed by atoms with Gasteiger partial charge in [0.1, 0.15) is 0 Å². The van der Waals surface area contributed by atoms with Crippen LogP contribution in [0.3, 0.4) is 0 Å². The molecule has 1 atom stereocenters. The molecule has 3 heteroatoms. The Labute approximate surface area is 103 Å². The molecule has 1 aliphatic heterocycles. The third kappa shape index (κ3) is 2.50. The largest absolute Gasteiger partial charge is 0.339 e. The Kier molecular flexibility index (Phi) is 3.79. The van der Waals surface area contributed by atoms with Gasteiger partial charge in [-0.3, -0.25) is 4.79 Å². The van der Waals surface area contributed by atoms with E-state index >= 15 is 0 Å². The van der Waals surface area contributed by atoms with Crippen LogP contribution in [0.15, 0.2) is 24.3 Å². The second-order valence-electron chi connectivity index (χ2n) is 4.39. The van der Waals surface area contributed by atoms with Gasteiger partial charge in [0, 0.05) is 24.7 Å². The van der Waals surface area contributed by atoms with E-state index in [0.29, 0.717) is 6.04 Å². The molecule has 0 aromatic heterocycles. The number of hydrogen-bond donors (Lipinski definition) is 1. The van der Waals surface area contributed by atoms with E-state index in [-0.39, 0.29) is 5.91 Å². The van der Waals surface area contributed by atoms with Crippen LogP contribution in [0, 0.1) is 0 Å². The monoisotopic (exact) mass is 232 g/mol. The Bertz CT molecular complexity index is 378. The highest BCUT2D eigenvalue weighted by Crippen LogP contribution is 2.23. The van der Waals surface area contributed by atoms with Crippen LogP contribution in [0.4, 0.5) is 0 Å². The summed E-state index contributed by atoms with van der Waals surface area (Å²) in [6.45, 7) is 6.65. The minimum Gasteiger partial charge on any atom is -0.339 e. The normalized spacial score (nSPS) is 18.6. The Morgan fingerprint density at radius 1 is 1.29 bits per heavy atom. The lowest BCUT2D eigenvalue weighted by Gasteiger charge is -2.28. The third-order valence-corrected chi connectivity index (χ3v) is 3.43. The van der Waals surface area contributed by atoms with E-state index in [1.54, 1.807) is 0 Å². The predicted molar refractivity (Wildman–Crippen MR) is 69.1 cm³/mol. The first kappa shape index (κ1) is 12.1. The molecule has 92 valence electrons. The standard InChI is InChI=1S/C14H20N2O/c1-3-16(4-2)14(17)12-7-5-11(6-8-12)13-9-10-15-13/h5-8,13,15H,3-4,9-10H2,1-2H3/t13-/m0/s1. The van der Waals surface area contributed by atoms with E-state index in [1.807, 2.05) is 30.9 Å². The molecular formula is C14H20N2O. The number of rotatable bonds is 4. The number of nitrogens with one attached hydrogen (secondary N) is 1. The van der Waals surface area contributed by atoms with E-state index in [9.17, 15) is 4.79 Å². The van der Waals surface area contributed by atoms with Crippen molar-refractivity contribution in [3.63, 3.8) is 0 Å². The summed E-state index contributed by atoms with van der Waals surface area (Å²) >= 11 is 0. The van der Waals surface area contributed by atoms with Gasteiger partial charge in [0.2, 0.25) is 0 Å². The van der Waals surface area contributed by atoms with Crippen molar-refractivity contribution < 1.29 is 4.79 Å². The summed E-state index contributed by atoms with van der Waals surface area (Å²) in [7, 11) is 0. The van der Waals surface area contributed by atoms with Crippen LogP contribution in [0.5, 0.6) is 0 Å². The van der Waals surface area contributed by atoms with Gasteiger partial charge in [0.25, 0.3) is 5.91 Å². The number of benzene rings is 1. The summed E-state index contributed by atoms with van der Waals surface area (Å²) in [6.07, 6.45) is 1.20. The first-order valence-corrected chi connectivity index (χ1v) is 6.38. The number of nitrogens with zero attached hydrogens (tertiary/aromatic N) is 1. The van der Waals surface area contributed by atoms with Gasteiger partial charge in [-0.05, 0) is 44.5 Å². The molecule has 3 nitrogen and oxygen atoms in total. The van der Waals surface area contributed by atoms with Crippen molar-refractivity contribution in [2.75, 3.05) is 19.6 Å². The maximum Gasteiger partial charge on any atom is 0.253 e. The van der Waals surface area contributed by atoms with E-state index in [0.717, 1.165) is 25.2 Å². The number of carbonyl (C=O) groups is 1.